The number of halogens is 1. The molecule has 1 aromatic heterocycles. The van der Waals surface area contributed by atoms with E-state index in [1.807, 2.05) is 36.6 Å². The first-order chi connectivity index (χ1) is 9.69. The molecule has 1 atom stereocenters. The highest BCUT2D eigenvalue weighted by atomic mass is 79.9. The van der Waals surface area contributed by atoms with E-state index in [4.69, 9.17) is 4.74 Å². The number of nitrogens with zero attached hydrogens (tertiary/aromatic N) is 2. The van der Waals surface area contributed by atoms with E-state index in [0.29, 0.717) is 11.7 Å². The highest BCUT2D eigenvalue weighted by Crippen LogP contribution is 2.32. The van der Waals surface area contributed by atoms with Crippen LogP contribution in [-0.2, 0) is 4.74 Å². The van der Waals surface area contributed by atoms with Gasteiger partial charge in [0.2, 0.25) is 0 Å². The van der Waals surface area contributed by atoms with E-state index in [-0.39, 0.29) is 12.1 Å². The van der Waals surface area contributed by atoms with Gasteiger partial charge in [-0.05, 0) is 18.6 Å². The number of carbonyl (C=O) groups excluding carboxylic acids is 1. The van der Waals surface area contributed by atoms with Crippen LogP contribution in [0.4, 0.5) is 9.93 Å². The number of thiazole rings is 1. The van der Waals surface area contributed by atoms with Crippen LogP contribution < -0.4 is 4.90 Å². The first kappa shape index (κ1) is 13.6. The van der Waals surface area contributed by atoms with E-state index in [1.54, 1.807) is 4.90 Å². The lowest BCUT2D eigenvalue weighted by atomic mass is 10.2. The van der Waals surface area contributed by atoms with E-state index < -0.39 is 0 Å². The van der Waals surface area contributed by atoms with Crippen LogP contribution in [0.5, 0.6) is 0 Å². The molecule has 1 saturated heterocycles. The van der Waals surface area contributed by atoms with Gasteiger partial charge in [-0.2, -0.15) is 0 Å². The smallest absolute Gasteiger partial charge is 0.416 e. The van der Waals surface area contributed by atoms with Gasteiger partial charge < -0.3 is 4.74 Å². The van der Waals surface area contributed by atoms with Crippen molar-refractivity contribution in [2.75, 3.05) is 11.5 Å². The van der Waals surface area contributed by atoms with E-state index in [2.05, 4.69) is 20.9 Å². The highest BCUT2D eigenvalue weighted by Gasteiger charge is 2.34. The van der Waals surface area contributed by atoms with Crippen molar-refractivity contribution in [1.82, 2.24) is 4.98 Å². The van der Waals surface area contributed by atoms with Gasteiger partial charge in [0.15, 0.2) is 5.13 Å². The second kappa shape index (κ2) is 5.54. The molecule has 0 N–H and O–H groups in total. The molecule has 1 aliphatic heterocycles. The van der Waals surface area contributed by atoms with Crippen LogP contribution in [0, 0.1) is 0 Å². The van der Waals surface area contributed by atoms with Gasteiger partial charge in [-0.25, -0.2) is 14.7 Å². The molecule has 2 heterocycles. The number of hydrogen-bond donors (Lipinski definition) is 0. The zero-order chi connectivity index (χ0) is 14.1. The van der Waals surface area contributed by atoms with Crippen molar-refractivity contribution in [3.63, 3.8) is 0 Å². The molecule has 1 fully saturated rings. The van der Waals surface area contributed by atoms with Crippen molar-refractivity contribution in [1.29, 1.82) is 0 Å². The van der Waals surface area contributed by atoms with E-state index >= 15 is 0 Å². The van der Waals surface area contributed by atoms with Gasteiger partial charge in [0, 0.05) is 15.4 Å². The predicted octanol–water partition coefficient (Wildman–Crippen LogP) is 4.31. The minimum atomic E-state index is -0.298. The second-order valence-corrected chi connectivity index (χ2v) is 6.28. The van der Waals surface area contributed by atoms with E-state index in [9.17, 15) is 4.79 Å². The molecule has 0 bridgehead atoms. The molecule has 0 aliphatic carbocycles. The molecular weight excluding hydrogens is 340 g/mol. The van der Waals surface area contributed by atoms with Crippen LogP contribution >= 0.6 is 27.3 Å². The highest BCUT2D eigenvalue weighted by molar-refractivity contribution is 9.10. The van der Waals surface area contributed by atoms with Gasteiger partial charge in [0.05, 0.1) is 11.7 Å². The summed E-state index contributed by atoms with van der Waals surface area (Å²) in [5.41, 5.74) is 1.92. The van der Waals surface area contributed by atoms with Gasteiger partial charge in [-0.15, -0.1) is 11.3 Å². The van der Waals surface area contributed by atoms with Crippen LogP contribution in [0.15, 0.2) is 34.1 Å². The standard InChI is InChI=1S/C14H13BrN2O2S/c1-2-11-7-19-14(18)17(11)13-16-12(8-20-13)9-3-5-10(15)6-4-9/h3-6,8,11H,2,7H2,1H3. The zero-order valence-corrected chi connectivity index (χ0v) is 13.3. The Morgan fingerprint density at radius 3 is 2.90 bits per heavy atom. The summed E-state index contributed by atoms with van der Waals surface area (Å²) >= 11 is 4.89. The Balaban J connectivity index is 1.90. The minimum Gasteiger partial charge on any atom is -0.447 e. The molecule has 1 aromatic carbocycles. The van der Waals surface area contributed by atoms with Crippen molar-refractivity contribution in [2.24, 2.45) is 0 Å². The van der Waals surface area contributed by atoms with Crippen molar-refractivity contribution in [2.45, 2.75) is 19.4 Å². The van der Waals surface area contributed by atoms with Gasteiger partial charge in [0.1, 0.15) is 6.61 Å². The lowest BCUT2D eigenvalue weighted by Crippen LogP contribution is -2.32. The predicted molar refractivity (Wildman–Crippen MR) is 83.2 cm³/mol. The Kier molecular flexibility index (Phi) is 3.76. The molecule has 4 nitrogen and oxygen atoms in total. The molecule has 0 saturated carbocycles. The van der Waals surface area contributed by atoms with Gasteiger partial charge in [0.25, 0.3) is 0 Å². The summed E-state index contributed by atoms with van der Waals surface area (Å²) in [4.78, 5) is 18.0. The third-order valence-corrected chi connectivity index (χ3v) is 4.64. The van der Waals surface area contributed by atoms with Gasteiger partial charge in [-0.1, -0.05) is 35.0 Å². The van der Waals surface area contributed by atoms with Gasteiger partial charge in [-0.3, -0.25) is 0 Å². The van der Waals surface area contributed by atoms with Crippen molar-refractivity contribution in [3.8, 4) is 11.3 Å². The Bertz CT molecular complexity index is 626. The molecule has 1 amide bonds. The Labute approximate surface area is 129 Å². The number of ether oxygens (including phenoxy) is 1. The molecule has 0 radical (unpaired) electrons. The third kappa shape index (κ3) is 2.45. The SMILES string of the molecule is CCC1COC(=O)N1c1nc(-c2ccc(Br)cc2)cs1. The Morgan fingerprint density at radius 2 is 2.20 bits per heavy atom. The van der Waals surface area contributed by atoms with Crippen LogP contribution in [0.1, 0.15) is 13.3 Å². The zero-order valence-electron chi connectivity index (χ0n) is 10.9. The monoisotopic (exact) mass is 352 g/mol. The topological polar surface area (TPSA) is 42.4 Å². The van der Waals surface area contributed by atoms with Crippen LogP contribution in [0.3, 0.4) is 0 Å². The molecule has 6 heteroatoms. The summed E-state index contributed by atoms with van der Waals surface area (Å²) in [5, 5.41) is 2.67. The van der Waals surface area contributed by atoms with Crippen molar-refractivity contribution < 1.29 is 9.53 Å². The number of aromatic nitrogens is 1. The van der Waals surface area contributed by atoms with E-state index in [0.717, 1.165) is 22.2 Å². The molecule has 2 aromatic rings. The Hall–Kier alpha value is -1.40. The first-order valence-electron chi connectivity index (χ1n) is 6.36. The number of rotatable bonds is 3. The fourth-order valence-corrected chi connectivity index (χ4v) is 3.28. The lowest BCUT2D eigenvalue weighted by Gasteiger charge is -2.16. The number of benzene rings is 1. The number of anilines is 1. The maximum absolute atomic E-state index is 11.8. The molecule has 20 heavy (non-hydrogen) atoms. The number of cyclic esters (lactones) is 1. The summed E-state index contributed by atoms with van der Waals surface area (Å²) in [6, 6.07) is 8.05. The fraction of sp³-hybridized carbons (Fsp3) is 0.286. The molecule has 104 valence electrons. The second-order valence-electron chi connectivity index (χ2n) is 4.53. The average Bonchev–Trinajstić information content (AvgIpc) is 3.05. The molecule has 1 aliphatic rings. The lowest BCUT2D eigenvalue weighted by molar-refractivity contribution is 0.178. The van der Waals surface area contributed by atoms with Crippen LogP contribution in [-0.4, -0.2) is 23.7 Å². The van der Waals surface area contributed by atoms with Crippen LogP contribution in [0.25, 0.3) is 11.3 Å². The normalized spacial score (nSPS) is 18.4. The molecule has 3 rings (SSSR count). The molecular formula is C14H13BrN2O2S. The quantitative estimate of drug-likeness (QED) is 0.826. The summed E-state index contributed by atoms with van der Waals surface area (Å²) < 4.78 is 6.13. The molecule has 0 spiro atoms. The molecule has 1 unspecified atom stereocenters. The maximum Gasteiger partial charge on any atom is 0.416 e. The maximum atomic E-state index is 11.8. The summed E-state index contributed by atoms with van der Waals surface area (Å²) in [7, 11) is 0. The average molecular weight is 353 g/mol. The minimum absolute atomic E-state index is 0.0893. The van der Waals surface area contributed by atoms with Crippen molar-refractivity contribution >= 4 is 38.5 Å². The number of amides is 1. The number of carbonyl (C=O) groups is 1. The summed E-state index contributed by atoms with van der Waals surface area (Å²) in [5.74, 6) is 0. The first-order valence-corrected chi connectivity index (χ1v) is 8.03. The van der Waals surface area contributed by atoms with E-state index in [1.165, 1.54) is 11.3 Å². The largest absolute Gasteiger partial charge is 0.447 e. The summed E-state index contributed by atoms with van der Waals surface area (Å²) in [6.07, 6.45) is 0.562. The Morgan fingerprint density at radius 1 is 1.45 bits per heavy atom. The number of hydrogen-bond acceptors (Lipinski definition) is 4. The summed E-state index contributed by atoms with van der Waals surface area (Å²) in [6.45, 7) is 2.49. The van der Waals surface area contributed by atoms with Crippen LogP contribution in [0.2, 0.25) is 0 Å². The van der Waals surface area contributed by atoms with Crippen molar-refractivity contribution in [3.05, 3.63) is 34.1 Å². The third-order valence-electron chi connectivity index (χ3n) is 3.27. The van der Waals surface area contributed by atoms with Gasteiger partial charge >= 0.3 is 6.09 Å². The fourth-order valence-electron chi connectivity index (χ4n) is 2.12.